The van der Waals surface area contributed by atoms with E-state index in [4.69, 9.17) is 10.2 Å². The number of carbonyl (C=O) groups excluding carboxylic acids is 2. The van der Waals surface area contributed by atoms with Crippen molar-refractivity contribution in [2.45, 2.75) is 13.1 Å². The van der Waals surface area contributed by atoms with Gasteiger partial charge in [0.25, 0.3) is 11.8 Å². The van der Waals surface area contributed by atoms with Crippen molar-refractivity contribution in [1.82, 2.24) is 39.2 Å². The van der Waals surface area contributed by atoms with Crippen molar-refractivity contribution in [2.75, 3.05) is 11.9 Å². The predicted molar refractivity (Wildman–Crippen MR) is 151 cm³/mol. The molecule has 0 spiro atoms. The molecular formula is C30H20F3N9O2. The molecular weight excluding hydrogens is 575 g/mol. The van der Waals surface area contributed by atoms with E-state index < -0.39 is 23.6 Å². The molecule has 11 nitrogen and oxygen atoms in total. The van der Waals surface area contributed by atoms with Crippen LogP contribution in [-0.4, -0.2) is 57.6 Å². The molecule has 6 aromatic rings. The maximum Gasteiger partial charge on any atom is 0.257 e. The number of halogens is 3. The van der Waals surface area contributed by atoms with Crippen molar-refractivity contribution in [3.8, 4) is 22.5 Å². The van der Waals surface area contributed by atoms with Crippen LogP contribution < -0.4 is 5.32 Å². The van der Waals surface area contributed by atoms with E-state index >= 15 is 0 Å². The van der Waals surface area contributed by atoms with Crippen molar-refractivity contribution in [2.24, 2.45) is 0 Å². The smallest absolute Gasteiger partial charge is 0.257 e. The number of pyridine rings is 2. The number of benzene rings is 1. The monoisotopic (exact) mass is 595 g/mol. The van der Waals surface area contributed by atoms with Crippen molar-refractivity contribution >= 4 is 23.3 Å². The van der Waals surface area contributed by atoms with Crippen LogP contribution in [0, 0.1) is 17.7 Å². The summed E-state index contributed by atoms with van der Waals surface area (Å²) in [7, 11) is 0. The summed E-state index contributed by atoms with van der Waals surface area (Å²) < 4.78 is 44.3. The minimum atomic E-state index is -0.784. The van der Waals surface area contributed by atoms with Gasteiger partial charge in [0, 0.05) is 47.8 Å². The minimum absolute atomic E-state index is 0.0762. The van der Waals surface area contributed by atoms with Gasteiger partial charge in [0.2, 0.25) is 11.9 Å². The third-order valence-corrected chi connectivity index (χ3v) is 7.16. The van der Waals surface area contributed by atoms with E-state index in [1.54, 1.807) is 33.8 Å². The largest absolute Gasteiger partial charge is 0.331 e. The van der Waals surface area contributed by atoms with Crippen molar-refractivity contribution in [3.63, 3.8) is 0 Å². The Morgan fingerprint density at radius 2 is 1.55 bits per heavy atom. The Morgan fingerprint density at radius 1 is 0.818 bits per heavy atom. The Balaban J connectivity index is 1.27. The highest BCUT2D eigenvalue weighted by Crippen LogP contribution is 2.36. The van der Waals surface area contributed by atoms with E-state index in [9.17, 15) is 22.8 Å². The zero-order chi connectivity index (χ0) is 30.4. The number of rotatable bonds is 5. The van der Waals surface area contributed by atoms with E-state index in [1.807, 2.05) is 0 Å². The third kappa shape index (κ3) is 5.02. The lowest BCUT2D eigenvalue weighted by Crippen LogP contribution is -2.38. The quantitative estimate of drug-likeness (QED) is 0.294. The summed E-state index contributed by atoms with van der Waals surface area (Å²) in [5.74, 6) is -2.68. The molecule has 1 aromatic carbocycles. The first-order chi connectivity index (χ1) is 21.3. The lowest BCUT2D eigenvalue weighted by atomic mass is 10.0. The number of hydrogen-bond donors (Lipinski definition) is 1. The van der Waals surface area contributed by atoms with Gasteiger partial charge in [-0.1, -0.05) is 0 Å². The van der Waals surface area contributed by atoms with E-state index in [-0.39, 0.29) is 29.4 Å². The van der Waals surface area contributed by atoms with E-state index in [0.717, 1.165) is 12.1 Å². The summed E-state index contributed by atoms with van der Waals surface area (Å²) in [6, 6.07) is 14.3. The molecule has 0 aliphatic carbocycles. The van der Waals surface area contributed by atoms with Crippen molar-refractivity contribution < 1.29 is 22.8 Å². The van der Waals surface area contributed by atoms with Crippen LogP contribution in [0.5, 0.6) is 0 Å². The number of nitrogens with zero attached hydrogens (tertiary/aromatic N) is 8. The summed E-state index contributed by atoms with van der Waals surface area (Å²) in [6.07, 6.45) is 3.94. The zero-order valence-corrected chi connectivity index (χ0v) is 22.7. The lowest BCUT2D eigenvalue weighted by Gasteiger charge is -2.28. The highest BCUT2D eigenvalue weighted by atomic mass is 19.1. The molecule has 14 heteroatoms. The van der Waals surface area contributed by atoms with Gasteiger partial charge in [-0.2, -0.15) is 19.0 Å². The minimum Gasteiger partial charge on any atom is -0.331 e. The van der Waals surface area contributed by atoms with Crippen LogP contribution in [-0.2, 0) is 13.1 Å². The molecule has 0 atom stereocenters. The Bertz CT molecular complexity index is 2070. The molecule has 0 saturated heterocycles. The number of aromatic nitrogens is 7. The van der Waals surface area contributed by atoms with Gasteiger partial charge >= 0.3 is 0 Å². The second-order valence-electron chi connectivity index (χ2n) is 9.96. The molecule has 0 unspecified atom stereocenters. The number of fused-ring (bicyclic) bond motifs is 2. The maximum absolute atomic E-state index is 13.8. The zero-order valence-electron chi connectivity index (χ0n) is 22.7. The summed E-state index contributed by atoms with van der Waals surface area (Å²) in [5, 5.41) is 12.2. The molecule has 0 bridgehead atoms. The molecule has 0 saturated carbocycles. The van der Waals surface area contributed by atoms with E-state index in [1.165, 1.54) is 47.4 Å². The van der Waals surface area contributed by atoms with Gasteiger partial charge in [0.05, 0.1) is 36.2 Å². The Kier molecular flexibility index (Phi) is 6.57. The fourth-order valence-corrected chi connectivity index (χ4v) is 5.10. The van der Waals surface area contributed by atoms with Crippen molar-refractivity contribution in [1.29, 1.82) is 0 Å². The second-order valence-corrected chi connectivity index (χ2v) is 9.96. The number of hydrogen-bond acceptors (Lipinski definition) is 7. The van der Waals surface area contributed by atoms with Gasteiger partial charge in [-0.3, -0.25) is 14.3 Å². The molecule has 1 aliphatic heterocycles. The van der Waals surface area contributed by atoms with E-state index in [2.05, 4.69) is 20.3 Å². The highest BCUT2D eigenvalue weighted by molar-refractivity contribution is 6.03. The Labute approximate surface area is 246 Å². The number of amides is 2. The van der Waals surface area contributed by atoms with E-state index in [0.29, 0.717) is 46.9 Å². The van der Waals surface area contributed by atoms with Crippen LogP contribution in [0.1, 0.15) is 26.4 Å². The lowest BCUT2D eigenvalue weighted by molar-refractivity contribution is 0.0705. The molecule has 6 heterocycles. The number of imidazole rings is 1. The number of nitrogens with one attached hydrogen (secondary N) is 1. The van der Waals surface area contributed by atoms with Crippen LogP contribution in [0.2, 0.25) is 0 Å². The average molecular weight is 596 g/mol. The van der Waals surface area contributed by atoms with Crippen LogP contribution in [0.25, 0.3) is 28.2 Å². The van der Waals surface area contributed by atoms with Crippen LogP contribution in [0.15, 0.2) is 79.3 Å². The first kappa shape index (κ1) is 26.9. The predicted octanol–water partition coefficient (Wildman–Crippen LogP) is 4.38. The van der Waals surface area contributed by atoms with Gasteiger partial charge in [-0.25, -0.2) is 23.9 Å². The first-order valence-corrected chi connectivity index (χ1v) is 13.4. The Morgan fingerprint density at radius 3 is 2.30 bits per heavy atom. The van der Waals surface area contributed by atoms with Gasteiger partial charge in [-0.05, 0) is 48.5 Å². The molecule has 5 aromatic heterocycles. The summed E-state index contributed by atoms with van der Waals surface area (Å²) in [5.41, 5.74) is 3.62. The van der Waals surface area contributed by atoms with Gasteiger partial charge < -0.3 is 10.2 Å². The maximum atomic E-state index is 13.8. The molecule has 44 heavy (non-hydrogen) atoms. The number of anilines is 1. The fourth-order valence-electron chi connectivity index (χ4n) is 5.10. The topological polar surface area (TPSA) is 123 Å². The van der Waals surface area contributed by atoms with Crippen LogP contribution in [0.4, 0.5) is 19.0 Å². The van der Waals surface area contributed by atoms with Gasteiger partial charge in [-0.15, -0.1) is 0 Å². The summed E-state index contributed by atoms with van der Waals surface area (Å²) in [4.78, 5) is 38.9. The average Bonchev–Trinajstić information content (AvgIpc) is 3.61. The van der Waals surface area contributed by atoms with Crippen molar-refractivity contribution in [3.05, 3.63) is 114 Å². The Hall–Kier alpha value is -5.92. The molecule has 2 amide bonds. The molecule has 218 valence electrons. The SMILES string of the molecule is O=C(Nc1cn2nc(-c3c(-c4ccc(F)cc4)nn4c3CN(C(=O)c3ccnc(F)c3)CC4)ccc2n1)c1ccnc(F)c1. The number of carbonyl (C=O) groups is 2. The molecule has 1 N–H and O–H groups in total. The van der Waals surface area contributed by atoms with Crippen LogP contribution in [0.3, 0.4) is 0 Å². The fraction of sp³-hybridized carbons (Fsp3) is 0.100. The summed E-state index contributed by atoms with van der Waals surface area (Å²) >= 11 is 0. The first-order valence-electron chi connectivity index (χ1n) is 13.4. The molecule has 1 aliphatic rings. The molecule has 0 fully saturated rings. The van der Waals surface area contributed by atoms with Crippen LogP contribution >= 0.6 is 0 Å². The third-order valence-electron chi connectivity index (χ3n) is 7.16. The second kappa shape index (κ2) is 10.7. The molecule has 7 rings (SSSR count). The van der Waals surface area contributed by atoms with Gasteiger partial charge in [0.1, 0.15) is 11.5 Å². The highest BCUT2D eigenvalue weighted by Gasteiger charge is 2.29. The standard InChI is InChI=1S/C30H20F3N9O2/c31-20-3-1-17(2-4-20)28-27(22-15-40(11-12-41(22)39-28)30(44)19-8-10-35-24(33)14-19)21-5-6-26-36-25(16-42(26)38-21)37-29(43)18-7-9-34-23(32)13-18/h1-10,13-14,16H,11-12,15H2,(H,37,43). The molecule has 0 radical (unpaired) electrons. The normalized spacial score (nSPS) is 12.8. The van der Waals surface area contributed by atoms with Gasteiger partial charge in [0.15, 0.2) is 11.5 Å². The summed E-state index contributed by atoms with van der Waals surface area (Å²) in [6.45, 7) is 0.847.